The molecule has 2 heterocycles. The number of sulfone groups is 1. The third kappa shape index (κ3) is 7.95. The lowest BCUT2D eigenvalue weighted by atomic mass is 9.89. The quantitative estimate of drug-likeness (QED) is 0.322. The molecule has 1 amide bonds. The summed E-state index contributed by atoms with van der Waals surface area (Å²) in [6, 6.07) is 1.37. The Morgan fingerprint density at radius 2 is 1.54 bits per heavy atom. The van der Waals surface area contributed by atoms with Crippen LogP contribution in [-0.4, -0.2) is 60.3 Å². The first-order chi connectivity index (χ1) is 21.1. The minimum absolute atomic E-state index is 0.0588. The molecule has 1 saturated heterocycles. The molecule has 2 aromatic carbocycles. The van der Waals surface area contributed by atoms with Crippen molar-refractivity contribution in [1.29, 1.82) is 0 Å². The normalized spacial score (nSPS) is 20.6. The molecule has 10 nitrogen and oxygen atoms in total. The lowest BCUT2D eigenvalue weighted by Gasteiger charge is -2.38. The van der Waals surface area contributed by atoms with Gasteiger partial charge in [-0.05, 0) is 54.8 Å². The van der Waals surface area contributed by atoms with Crippen LogP contribution in [0.15, 0.2) is 41.4 Å². The number of halogens is 9. The van der Waals surface area contributed by atoms with Crippen molar-refractivity contribution in [2.24, 2.45) is 4.99 Å². The number of fused-ring (bicyclic) bond motifs is 1. The second-order valence-electron chi connectivity index (χ2n) is 10.7. The Kier molecular flexibility index (Phi) is 9.49. The van der Waals surface area contributed by atoms with E-state index in [0.29, 0.717) is 18.2 Å². The number of alkyl halides is 9. The van der Waals surface area contributed by atoms with Gasteiger partial charge in [0.2, 0.25) is 5.96 Å². The lowest BCUT2D eigenvalue weighted by molar-refractivity contribution is -0.143. The second kappa shape index (κ2) is 12.4. The number of benzene rings is 2. The molecule has 2 aliphatic heterocycles. The molecule has 3 N–H and O–H groups in total. The molecular weight excluding hydrogens is 663 g/mol. The van der Waals surface area contributed by atoms with E-state index in [1.165, 1.54) is 0 Å². The maximum atomic E-state index is 13.6. The Morgan fingerprint density at radius 1 is 0.957 bits per heavy atom. The van der Waals surface area contributed by atoms with Gasteiger partial charge in [0, 0.05) is 24.4 Å². The number of rotatable bonds is 7. The molecular formula is C26H27F9N6O4S. The van der Waals surface area contributed by atoms with Crippen LogP contribution in [0.4, 0.5) is 50.0 Å². The Morgan fingerprint density at radius 3 is 2.04 bits per heavy atom. The first kappa shape index (κ1) is 35.1. The Labute approximate surface area is 256 Å². The van der Waals surface area contributed by atoms with Crippen LogP contribution >= 0.6 is 0 Å². The average Bonchev–Trinajstić information content (AvgIpc) is 3.29. The zero-order valence-corrected chi connectivity index (χ0v) is 24.7. The van der Waals surface area contributed by atoms with Crippen molar-refractivity contribution in [3.8, 4) is 0 Å². The monoisotopic (exact) mass is 690 g/mol. The van der Waals surface area contributed by atoms with Crippen LogP contribution in [0.5, 0.6) is 0 Å². The number of aliphatic imine (C=N–C) groups is 1. The number of hydrazine groups is 3. The topological polar surface area (TPSA) is 118 Å². The van der Waals surface area contributed by atoms with E-state index in [9.17, 15) is 57.8 Å². The number of hydrogen-bond acceptors (Lipinski definition) is 6. The summed E-state index contributed by atoms with van der Waals surface area (Å²) in [5.41, 5.74) is 0.0332. The molecule has 20 heteroatoms. The number of nitrogens with one attached hydrogen (secondary N) is 2. The molecule has 2 atom stereocenters. The predicted molar refractivity (Wildman–Crippen MR) is 145 cm³/mol. The molecule has 2 aliphatic rings. The predicted octanol–water partition coefficient (Wildman–Crippen LogP) is 5.59. The SMILES string of the molecule is CC[C@@H]1C[C@H](N=C2NNN(CCS(C)(=O)=O)N2Cc2cc(C(F)(F)F)cc(C(F)(F)F)c2)c2cc(C(F)(F)F)ccc2N1C(=O)O. The van der Waals surface area contributed by atoms with Gasteiger partial charge in [-0.25, -0.2) is 18.2 Å². The molecule has 2 aromatic rings. The summed E-state index contributed by atoms with van der Waals surface area (Å²) < 4.78 is 146. The molecule has 0 aromatic heterocycles. The molecule has 4 rings (SSSR count). The first-order valence-electron chi connectivity index (χ1n) is 13.4. The van der Waals surface area contributed by atoms with Gasteiger partial charge in [0.25, 0.3) is 0 Å². The number of hydrogen-bond donors (Lipinski definition) is 3. The third-order valence-electron chi connectivity index (χ3n) is 7.28. The molecule has 46 heavy (non-hydrogen) atoms. The molecule has 0 saturated carbocycles. The molecule has 1 fully saturated rings. The van der Waals surface area contributed by atoms with Gasteiger partial charge in [-0.2, -0.15) is 39.5 Å². The molecule has 0 bridgehead atoms. The Bertz CT molecular complexity index is 1580. The van der Waals surface area contributed by atoms with Gasteiger partial charge in [-0.15, -0.1) is 10.7 Å². The molecule has 0 unspecified atom stereocenters. The van der Waals surface area contributed by atoms with E-state index in [1.807, 2.05) is 0 Å². The van der Waals surface area contributed by atoms with Crippen molar-refractivity contribution >= 4 is 27.6 Å². The molecule has 0 radical (unpaired) electrons. The largest absolute Gasteiger partial charge is 0.465 e. The van der Waals surface area contributed by atoms with E-state index < -0.39 is 81.1 Å². The zero-order valence-electron chi connectivity index (χ0n) is 23.9. The second-order valence-corrected chi connectivity index (χ2v) is 12.9. The standard InChI is InChI=1S/C26H27F9N6O4S/c1-3-18-12-20(19-11-15(24(27,28)29)4-5-21(19)41(18)23(42)43)36-22-37-38-40(6-7-46(2,44)45)39(22)13-14-8-16(25(30,31)32)10-17(9-14)26(33,34)35/h4-5,8-11,18,20,38H,3,6-7,12-13H2,1-2H3,(H,36,37)(H,42,43)/t18-,20+/m1/s1. The molecule has 0 aliphatic carbocycles. The van der Waals surface area contributed by atoms with Crippen molar-refractivity contribution in [3.63, 3.8) is 0 Å². The highest BCUT2D eigenvalue weighted by Gasteiger charge is 2.41. The Balaban J connectivity index is 1.83. The number of amides is 1. The van der Waals surface area contributed by atoms with Crippen molar-refractivity contribution in [2.75, 3.05) is 23.5 Å². The van der Waals surface area contributed by atoms with Gasteiger partial charge in [0.05, 0.1) is 40.7 Å². The highest BCUT2D eigenvalue weighted by Crippen LogP contribution is 2.44. The Hall–Kier alpha value is -3.78. The van der Waals surface area contributed by atoms with Crippen molar-refractivity contribution < 1.29 is 57.8 Å². The van der Waals surface area contributed by atoms with Crippen LogP contribution < -0.4 is 15.9 Å². The van der Waals surface area contributed by atoms with Crippen LogP contribution in [0.25, 0.3) is 0 Å². The lowest BCUT2D eigenvalue weighted by Crippen LogP contribution is -2.46. The minimum Gasteiger partial charge on any atom is -0.465 e. The fourth-order valence-electron chi connectivity index (χ4n) is 5.11. The zero-order chi connectivity index (χ0) is 34.4. The minimum atomic E-state index is -5.16. The summed E-state index contributed by atoms with van der Waals surface area (Å²) in [7, 11) is -3.63. The highest BCUT2D eigenvalue weighted by atomic mass is 32.2. The van der Waals surface area contributed by atoms with Crippen molar-refractivity contribution in [1.82, 2.24) is 21.1 Å². The summed E-state index contributed by atoms with van der Waals surface area (Å²) in [6.07, 6.45) is -15.6. The van der Waals surface area contributed by atoms with E-state index in [1.54, 1.807) is 6.92 Å². The van der Waals surface area contributed by atoms with Crippen LogP contribution in [-0.2, 0) is 34.9 Å². The fraction of sp³-hybridized carbons (Fsp3) is 0.462. The smallest absolute Gasteiger partial charge is 0.416 e. The summed E-state index contributed by atoms with van der Waals surface area (Å²) in [6.45, 7) is 0.538. The molecule has 254 valence electrons. The number of nitrogens with zero attached hydrogens (tertiary/aromatic N) is 4. The third-order valence-corrected chi connectivity index (χ3v) is 8.20. The number of guanidine groups is 1. The fourth-order valence-corrected chi connectivity index (χ4v) is 5.61. The summed E-state index contributed by atoms with van der Waals surface area (Å²) in [5.74, 6) is -0.805. The van der Waals surface area contributed by atoms with E-state index in [0.717, 1.165) is 33.4 Å². The van der Waals surface area contributed by atoms with Gasteiger partial charge in [0.15, 0.2) is 0 Å². The summed E-state index contributed by atoms with van der Waals surface area (Å²) in [4.78, 5) is 17.4. The summed E-state index contributed by atoms with van der Waals surface area (Å²) in [5, 5.41) is 11.9. The number of carbonyl (C=O) groups is 1. The number of carboxylic acid groups (broad SMARTS) is 1. The van der Waals surface area contributed by atoms with E-state index in [2.05, 4.69) is 16.0 Å². The maximum absolute atomic E-state index is 13.6. The maximum Gasteiger partial charge on any atom is 0.416 e. The first-order valence-corrected chi connectivity index (χ1v) is 15.5. The van der Waals surface area contributed by atoms with E-state index in [-0.39, 0.29) is 42.7 Å². The van der Waals surface area contributed by atoms with E-state index >= 15 is 0 Å². The average molecular weight is 691 g/mol. The number of anilines is 1. The van der Waals surface area contributed by atoms with Crippen molar-refractivity contribution in [2.45, 2.75) is 56.9 Å². The van der Waals surface area contributed by atoms with Crippen LogP contribution in [0.2, 0.25) is 0 Å². The molecule has 0 spiro atoms. The van der Waals surface area contributed by atoms with Gasteiger partial charge in [-0.1, -0.05) is 6.92 Å². The highest BCUT2D eigenvalue weighted by molar-refractivity contribution is 7.90. The van der Waals surface area contributed by atoms with Crippen LogP contribution in [0.3, 0.4) is 0 Å². The van der Waals surface area contributed by atoms with Gasteiger partial charge < -0.3 is 5.11 Å². The van der Waals surface area contributed by atoms with Crippen LogP contribution in [0, 0.1) is 0 Å². The van der Waals surface area contributed by atoms with Gasteiger partial charge >= 0.3 is 24.6 Å². The van der Waals surface area contributed by atoms with Crippen LogP contribution in [0.1, 0.15) is 53.6 Å². The van der Waals surface area contributed by atoms with Crippen molar-refractivity contribution in [3.05, 3.63) is 64.2 Å². The summed E-state index contributed by atoms with van der Waals surface area (Å²) >= 11 is 0. The van der Waals surface area contributed by atoms with Gasteiger partial charge in [0.1, 0.15) is 9.84 Å². The van der Waals surface area contributed by atoms with Gasteiger partial charge in [-0.3, -0.25) is 15.3 Å². The van der Waals surface area contributed by atoms with E-state index in [4.69, 9.17) is 0 Å².